The lowest BCUT2D eigenvalue weighted by Gasteiger charge is -2.14. The molecule has 0 unspecified atom stereocenters. The molecule has 1 aromatic carbocycles. The maximum atomic E-state index is 12.7. The topological polar surface area (TPSA) is 91.6 Å². The molecule has 0 saturated heterocycles. The molecule has 158 valence electrons. The van der Waals surface area contributed by atoms with E-state index in [4.69, 9.17) is 16.6 Å². The van der Waals surface area contributed by atoms with Gasteiger partial charge in [-0.15, -0.1) is 0 Å². The summed E-state index contributed by atoms with van der Waals surface area (Å²) < 4.78 is 5.94. The van der Waals surface area contributed by atoms with Crippen LogP contribution in [0.1, 0.15) is 45.8 Å². The molecule has 7 nitrogen and oxygen atoms in total. The third-order valence-electron chi connectivity index (χ3n) is 5.03. The van der Waals surface area contributed by atoms with Crippen LogP contribution in [0, 0.1) is 6.92 Å². The Bertz CT molecular complexity index is 1110. The minimum Gasteiger partial charge on any atom is -0.455 e. The molecule has 0 spiro atoms. The number of amides is 1. The molecule has 3 aromatic rings. The molecule has 31 heavy (non-hydrogen) atoms. The fourth-order valence-electron chi connectivity index (χ4n) is 3.56. The highest BCUT2D eigenvalue weighted by atomic mass is 32.1. The molecule has 3 N–H and O–H groups in total. The van der Waals surface area contributed by atoms with Crippen molar-refractivity contribution in [1.82, 2.24) is 15.7 Å². The number of furan rings is 1. The summed E-state index contributed by atoms with van der Waals surface area (Å²) in [4.78, 5) is 16.8. The van der Waals surface area contributed by atoms with Gasteiger partial charge in [-0.3, -0.25) is 15.2 Å². The first kappa shape index (κ1) is 20.7. The molecule has 1 aliphatic carbocycles. The van der Waals surface area contributed by atoms with Gasteiger partial charge in [0, 0.05) is 42.2 Å². The average molecular weight is 434 g/mol. The van der Waals surface area contributed by atoms with Crippen LogP contribution in [-0.4, -0.2) is 21.7 Å². The highest BCUT2D eigenvalue weighted by Gasteiger charge is 2.27. The maximum absolute atomic E-state index is 12.7. The van der Waals surface area contributed by atoms with E-state index < -0.39 is 0 Å². The molecule has 0 aliphatic heterocycles. The number of rotatable bonds is 5. The van der Waals surface area contributed by atoms with E-state index >= 15 is 0 Å². The largest absolute Gasteiger partial charge is 0.455 e. The second-order valence-electron chi connectivity index (χ2n) is 7.24. The SMILES string of the molecule is Cc1c(C(=O)NCc2cccnc2)oc2c1/C(=N/NC(=S)Nc1ccccc1)CCC2. The number of nitrogens with one attached hydrogen (secondary N) is 3. The number of hydrazone groups is 1. The number of hydrogen-bond acceptors (Lipinski definition) is 5. The minimum absolute atomic E-state index is 0.246. The predicted molar refractivity (Wildman–Crippen MR) is 124 cm³/mol. The van der Waals surface area contributed by atoms with Crippen molar-refractivity contribution in [2.75, 3.05) is 5.32 Å². The zero-order chi connectivity index (χ0) is 21.6. The van der Waals surface area contributed by atoms with Gasteiger partial charge in [-0.05, 0) is 55.7 Å². The number of carbonyl (C=O) groups is 1. The van der Waals surface area contributed by atoms with Crippen molar-refractivity contribution >= 4 is 34.6 Å². The molecule has 0 saturated carbocycles. The zero-order valence-corrected chi connectivity index (χ0v) is 18.0. The normalized spacial score (nSPS) is 14.0. The van der Waals surface area contributed by atoms with E-state index in [1.807, 2.05) is 49.4 Å². The van der Waals surface area contributed by atoms with Gasteiger partial charge in [0.25, 0.3) is 5.91 Å². The standard InChI is InChI=1S/C23H23N5O2S/c1-15-20-18(27-28-23(31)26-17-8-3-2-4-9-17)10-5-11-19(20)30-21(15)22(29)25-14-16-7-6-12-24-13-16/h2-4,6-9,12-13H,5,10-11,14H2,1H3,(H,25,29)(H2,26,28,31)/b27-18+. The van der Waals surface area contributed by atoms with Crippen molar-refractivity contribution in [1.29, 1.82) is 0 Å². The first-order valence-corrected chi connectivity index (χ1v) is 10.5. The van der Waals surface area contributed by atoms with Gasteiger partial charge in [-0.1, -0.05) is 24.3 Å². The van der Waals surface area contributed by atoms with Crippen LogP contribution in [0.3, 0.4) is 0 Å². The molecule has 1 amide bonds. The number of aromatic nitrogens is 1. The molecule has 2 heterocycles. The smallest absolute Gasteiger partial charge is 0.287 e. The number of hydrogen-bond donors (Lipinski definition) is 3. The fraction of sp³-hybridized carbons (Fsp3) is 0.217. The van der Waals surface area contributed by atoms with Crippen LogP contribution in [0.15, 0.2) is 64.4 Å². The third kappa shape index (κ3) is 4.97. The summed E-state index contributed by atoms with van der Waals surface area (Å²) in [7, 11) is 0. The van der Waals surface area contributed by atoms with Gasteiger partial charge in [0.1, 0.15) is 5.76 Å². The van der Waals surface area contributed by atoms with Crippen LogP contribution in [0.5, 0.6) is 0 Å². The molecule has 4 rings (SSSR count). The van der Waals surface area contributed by atoms with Crippen molar-refractivity contribution in [3.8, 4) is 0 Å². The number of aryl methyl sites for hydroxylation is 1. The monoisotopic (exact) mass is 433 g/mol. The van der Waals surface area contributed by atoms with Gasteiger partial charge < -0.3 is 15.1 Å². The van der Waals surface area contributed by atoms with Crippen molar-refractivity contribution in [2.45, 2.75) is 32.7 Å². The quantitative estimate of drug-likeness (QED) is 0.417. The van der Waals surface area contributed by atoms with Crippen molar-refractivity contribution in [3.05, 3.63) is 83.1 Å². The molecule has 1 aliphatic rings. The van der Waals surface area contributed by atoms with Crippen molar-refractivity contribution in [3.63, 3.8) is 0 Å². The molecule has 0 fully saturated rings. The fourth-order valence-corrected chi connectivity index (χ4v) is 3.72. The van der Waals surface area contributed by atoms with Gasteiger partial charge in [0.15, 0.2) is 10.9 Å². The molecule has 0 radical (unpaired) electrons. The summed E-state index contributed by atoms with van der Waals surface area (Å²) in [5.41, 5.74) is 7.25. The van der Waals surface area contributed by atoms with E-state index in [1.54, 1.807) is 12.4 Å². The summed E-state index contributed by atoms with van der Waals surface area (Å²) in [6.07, 6.45) is 5.88. The molecular weight excluding hydrogens is 410 g/mol. The number of anilines is 1. The van der Waals surface area contributed by atoms with Crippen molar-refractivity contribution < 1.29 is 9.21 Å². The van der Waals surface area contributed by atoms with Crippen LogP contribution in [0.25, 0.3) is 0 Å². The summed E-state index contributed by atoms with van der Waals surface area (Å²) in [5.74, 6) is 0.871. The zero-order valence-electron chi connectivity index (χ0n) is 17.1. The van der Waals surface area contributed by atoms with Crippen LogP contribution in [-0.2, 0) is 13.0 Å². The van der Waals surface area contributed by atoms with E-state index in [2.05, 4.69) is 26.1 Å². The Morgan fingerprint density at radius 3 is 2.81 bits per heavy atom. The highest BCUT2D eigenvalue weighted by Crippen LogP contribution is 2.29. The van der Waals surface area contributed by atoms with Gasteiger partial charge in [0.05, 0.1) is 5.71 Å². The lowest BCUT2D eigenvalue weighted by atomic mass is 9.93. The summed E-state index contributed by atoms with van der Waals surface area (Å²) in [5, 5.41) is 10.9. The van der Waals surface area contributed by atoms with Gasteiger partial charge in [-0.2, -0.15) is 5.10 Å². The van der Waals surface area contributed by atoms with E-state index in [0.29, 0.717) is 17.4 Å². The molecule has 8 heteroatoms. The van der Waals surface area contributed by atoms with Crippen LogP contribution in [0.4, 0.5) is 5.69 Å². The number of nitrogens with zero attached hydrogens (tertiary/aromatic N) is 2. The number of benzene rings is 1. The Labute approximate surface area is 186 Å². The van der Waals surface area contributed by atoms with E-state index in [9.17, 15) is 4.79 Å². The summed E-state index contributed by atoms with van der Waals surface area (Å²) in [6.45, 7) is 2.28. The first-order chi connectivity index (χ1) is 15.1. The van der Waals surface area contributed by atoms with Gasteiger partial charge in [0.2, 0.25) is 0 Å². The lowest BCUT2D eigenvalue weighted by molar-refractivity contribution is 0.0920. The van der Waals surface area contributed by atoms with Crippen LogP contribution in [0.2, 0.25) is 0 Å². The summed E-state index contributed by atoms with van der Waals surface area (Å²) in [6, 6.07) is 13.4. The number of pyridine rings is 1. The second-order valence-corrected chi connectivity index (χ2v) is 7.65. The number of thiocarbonyl (C=S) groups is 1. The second kappa shape index (κ2) is 9.53. The number of para-hydroxylation sites is 1. The Balaban J connectivity index is 1.46. The lowest BCUT2D eigenvalue weighted by Crippen LogP contribution is -2.26. The third-order valence-corrected chi connectivity index (χ3v) is 5.23. The summed E-state index contributed by atoms with van der Waals surface area (Å²) >= 11 is 5.34. The Hall–Kier alpha value is -3.52. The molecule has 0 bridgehead atoms. The Morgan fingerprint density at radius 1 is 1.19 bits per heavy atom. The van der Waals surface area contributed by atoms with E-state index in [0.717, 1.165) is 53.1 Å². The Kier molecular flexibility index (Phi) is 6.37. The number of carbonyl (C=O) groups excluding carboxylic acids is 1. The van der Waals surface area contributed by atoms with Crippen LogP contribution >= 0.6 is 12.2 Å². The maximum Gasteiger partial charge on any atom is 0.287 e. The van der Waals surface area contributed by atoms with Crippen molar-refractivity contribution in [2.24, 2.45) is 5.10 Å². The van der Waals surface area contributed by atoms with Gasteiger partial charge >= 0.3 is 0 Å². The Morgan fingerprint density at radius 2 is 2.03 bits per heavy atom. The first-order valence-electron chi connectivity index (χ1n) is 10.1. The molecule has 0 atom stereocenters. The van der Waals surface area contributed by atoms with Crippen LogP contribution < -0.4 is 16.1 Å². The molecule has 2 aromatic heterocycles. The van der Waals surface area contributed by atoms with E-state index in [1.165, 1.54) is 0 Å². The molecular formula is C23H23N5O2S. The van der Waals surface area contributed by atoms with E-state index in [-0.39, 0.29) is 5.91 Å². The minimum atomic E-state index is -0.246. The average Bonchev–Trinajstić information content (AvgIpc) is 3.14. The number of fused-ring (bicyclic) bond motifs is 1. The van der Waals surface area contributed by atoms with Gasteiger partial charge in [-0.25, -0.2) is 0 Å². The predicted octanol–water partition coefficient (Wildman–Crippen LogP) is 3.94. The highest BCUT2D eigenvalue weighted by molar-refractivity contribution is 7.80.